The molecule has 0 saturated carbocycles. The number of hydrogen-bond donors (Lipinski definition) is 1. The Balaban J connectivity index is 1.68. The van der Waals surface area contributed by atoms with Crippen LogP contribution in [0.15, 0.2) is 24.3 Å². The van der Waals surface area contributed by atoms with Crippen molar-refractivity contribution in [3.05, 3.63) is 29.8 Å². The Labute approximate surface area is 148 Å². The van der Waals surface area contributed by atoms with Gasteiger partial charge in [-0.05, 0) is 56.5 Å². The third kappa shape index (κ3) is 7.24. The summed E-state index contributed by atoms with van der Waals surface area (Å²) in [7, 11) is 0. The highest BCUT2D eigenvalue weighted by atomic mass is 19.4. The summed E-state index contributed by atoms with van der Waals surface area (Å²) in [4.78, 5) is 1.48. The molecule has 1 aromatic carbocycles. The second kappa shape index (κ2) is 8.90. The zero-order chi connectivity index (χ0) is 18.4. The summed E-state index contributed by atoms with van der Waals surface area (Å²) in [5, 5.41) is 3.42. The highest BCUT2D eigenvalue weighted by Crippen LogP contribution is 2.21. The van der Waals surface area contributed by atoms with Crippen LogP contribution in [0.4, 0.5) is 13.2 Å². The zero-order valence-corrected chi connectivity index (χ0v) is 15.3. The van der Waals surface area contributed by atoms with E-state index < -0.39 is 12.7 Å². The van der Waals surface area contributed by atoms with Crippen LogP contribution in [-0.4, -0.2) is 49.4 Å². The Bertz CT molecular complexity index is 508. The molecule has 0 radical (unpaired) electrons. The molecule has 6 heteroatoms. The predicted molar refractivity (Wildman–Crippen MR) is 94.1 cm³/mol. The molecule has 142 valence electrons. The first-order valence-electron chi connectivity index (χ1n) is 9.02. The van der Waals surface area contributed by atoms with Crippen LogP contribution in [0.25, 0.3) is 0 Å². The monoisotopic (exact) mass is 358 g/mol. The van der Waals surface area contributed by atoms with Gasteiger partial charge in [-0.15, -0.1) is 0 Å². The Morgan fingerprint density at radius 3 is 2.24 bits per heavy atom. The molecule has 1 unspecified atom stereocenters. The van der Waals surface area contributed by atoms with Gasteiger partial charge in [-0.1, -0.05) is 26.0 Å². The van der Waals surface area contributed by atoms with Gasteiger partial charge >= 0.3 is 6.18 Å². The Morgan fingerprint density at radius 2 is 1.72 bits per heavy atom. The van der Waals surface area contributed by atoms with E-state index in [9.17, 15) is 13.2 Å². The van der Waals surface area contributed by atoms with Crippen LogP contribution < -0.4 is 10.1 Å². The van der Waals surface area contributed by atoms with Gasteiger partial charge in [-0.25, -0.2) is 0 Å². The van der Waals surface area contributed by atoms with Gasteiger partial charge in [0.05, 0.1) is 6.54 Å². The molecule has 1 fully saturated rings. The molecule has 1 heterocycles. The third-order valence-electron chi connectivity index (χ3n) is 4.57. The van der Waals surface area contributed by atoms with Crippen molar-refractivity contribution in [1.82, 2.24) is 10.2 Å². The van der Waals surface area contributed by atoms with Crippen molar-refractivity contribution in [3.63, 3.8) is 0 Å². The SMILES string of the molecule is CC(CNC1CCN(CC(F)(F)F)CC1)Oc1ccc(C(C)C)cc1. The zero-order valence-electron chi connectivity index (χ0n) is 15.3. The van der Waals surface area contributed by atoms with Crippen LogP contribution in [0.1, 0.15) is 45.1 Å². The molecule has 3 nitrogen and oxygen atoms in total. The average molecular weight is 358 g/mol. The second-order valence-electron chi connectivity index (χ2n) is 7.23. The summed E-state index contributed by atoms with van der Waals surface area (Å²) in [5.74, 6) is 1.34. The minimum absolute atomic E-state index is 0.0121. The first kappa shape index (κ1) is 20.0. The van der Waals surface area contributed by atoms with Gasteiger partial charge in [0.25, 0.3) is 0 Å². The van der Waals surface area contributed by atoms with E-state index in [1.54, 1.807) is 0 Å². The van der Waals surface area contributed by atoms with Crippen LogP contribution in [0.5, 0.6) is 5.75 Å². The molecule has 1 aromatic rings. The van der Waals surface area contributed by atoms with E-state index in [0.29, 0.717) is 25.6 Å². The number of benzene rings is 1. The molecule has 0 bridgehead atoms. The topological polar surface area (TPSA) is 24.5 Å². The highest BCUT2D eigenvalue weighted by Gasteiger charge is 2.32. The van der Waals surface area contributed by atoms with Crippen molar-refractivity contribution >= 4 is 0 Å². The second-order valence-corrected chi connectivity index (χ2v) is 7.23. The van der Waals surface area contributed by atoms with E-state index in [0.717, 1.165) is 18.6 Å². The summed E-state index contributed by atoms with van der Waals surface area (Å²) in [6.07, 6.45) is -2.61. The standard InChI is InChI=1S/C19H29F3N2O/c1-14(2)16-4-6-18(7-5-16)25-15(3)12-23-17-8-10-24(11-9-17)13-19(20,21)22/h4-7,14-15,17,23H,8-13H2,1-3H3. The van der Waals surface area contributed by atoms with E-state index in [2.05, 4.69) is 31.3 Å². The largest absolute Gasteiger partial charge is 0.489 e. The van der Waals surface area contributed by atoms with Gasteiger partial charge in [0, 0.05) is 12.6 Å². The molecule has 25 heavy (non-hydrogen) atoms. The lowest BCUT2D eigenvalue weighted by molar-refractivity contribution is -0.148. The first-order chi connectivity index (χ1) is 11.7. The Kier molecular flexibility index (Phi) is 7.14. The lowest BCUT2D eigenvalue weighted by atomic mass is 10.0. The minimum atomic E-state index is -4.10. The molecule has 1 saturated heterocycles. The van der Waals surface area contributed by atoms with Gasteiger partial charge < -0.3 is 10.1 Å². The summed E-state index contributed by atoms with van der Waals surface area (Å²) in [6, 6.07) is 8.40. The van der Waals surface area contributed by atoms with Crippen molar-refractivity contribution in [2.75, 3.05) is 26.2 Å². The smallest absolute Gasteiger partial charge is 0.401 e. The molecule has 1 atom stereocenters. The number of halogens is 3. The normalized spacial score (nSPS) is 18.5. The molecule has 1 aliphatic heterocycles. The van der Waals surface area contributed by atoms with Crippen molar-refractivity contribution in [2.45, 2.75) is 57.9 Å². The van der Waals surface area contributed by atoms with Gasteiger partial charge in [0.15, 0.2) is 0 Å². The molecule has 0 amide bonds. The number of likely N-dealkylation sites (tertiary alicyclic amines) is 1. The first-order valence-corrected chi connectivity index (χ1v) is 9.02. The number of hydrogen-bond acceptors (Lipinski definition) is 3. The fourth-order valence-electron chi connectivity index (χ4n) is 3.09. The number of nitrogens with zero attached hydrogens (tertiary/aromatic N) is 1. The maximum absolute atomic E-state index is 12.4. The third-order valence-corrected chi connectivity index (χ3v) is 4.57. The summed E-state index contributed by atoms with van der Waals surface area (Å²) in [6.45, 7) is 7.18. The van der Waals surface area contributed by atoms with Crippen LogP contribution >= 0.6 is 0 Å². The van der Waals surface area contributed by atoms with Crippen LogP contribution in [0, 0.1) is 0 Å². The summed E-state index contributed by atoms with van der Waals surface area (Å²) in [5.41, 5.74) is 1.28. The van der Waals surface area contributed by atoms with Gasteiger partial charge in [0.1, 0.15) is 11.9 Å². The lowest BCUT2D eigenvalue weighted by Gasteiger charge is -2.33. The molecule has 0 aliphatic carbocycles. The molecule has 1 N–H and O–H groups in total. The van der Waals surface area contributed by atoms with E-state index in [1.807, 2.05) is 19.1 Å². The quantitative estimate of drug-likeness (QED) is 0.791. The van der Waals surface area contributed by atoms with E-state index >= 15 is 0 Å². The number of rotatable bonds is 7. The van der Waals surface area contributed by atoms with Crippen molar-refractivity contribution in [1.29, 1.82) is 0 Å². The summed E-state index contributed by atoms with van der Waals surface area (Å²) >= 11 is 0. The van der Waals surface area contributed by atoms with Crippen molar-refractivity contribution in [3.8, 4) is 5.75 Å². The van der Waals surface area contributed by atoms with Crippen LogP contribution in [-0.2, 0) is 0 Å². The molecule has 0 spiro atoms. The molecule has 1 aliphatic rings. The van der Waals surface area contributed by atoms with E-state index in [-0.39, 0.29) is 12.1 Å². The van der Waals surface area contributed by atoms with Gasteiger partial charge in [-0.2, -0.15) is 13.2 Å². The van der Waals surface area contributed by atoms with Gasteiger partial charge in [-0.3, -0.25) is 4.90 Å². The molecule has 2 rings (SSSR count). The number of nitrogens with one attached hydrogen (secondary N) is 1. The number of ether oxygens (including phenoxy) is 1. The van der Waals surface area contributed by atoms with Gasteiger partial charge in [0.2, 0.25) is 0 Å². The molecule has 0 aromatic heterocycles. The van der Waals surface area contributed by atoms with E-state index in [4.69, 9.17) is 4.74 Å². The maximum atomic E-state index is 12.4. The highest BCUT2D eigenvalue weighted by molar-refractivity contribution is 5.29. The summed E-state index contributed by atoms with van der Waals surface area (Å²) < 4.78 is 43.1. The van der Waals surface area contributed by atoms with Crippen LogP contribution in [0.2, 0.25) is 0 Å². The number of alkyl halides is 3. The average Bonchev–Trinajstić information content (AvgIpc) is 2.53. The fraction of sp³-hybridized carbons (Fsp3) is 0.684. The number of piperidine rings is 1. The predicted octanol–water partition coefficient (Wildman–Crippen LogP) is 4.19. The fourth-order valence-corrected chi connectivity index (χ4v) is 3.09. The van der Waals surface area contributed by atoms with Crippen molar-refractivity contribution < 1.29 is 17.9 Å². The van der Waals surface area contributed by atoms with Crippen LogP contribution in [0.3, 0.4) is 0 Å². The Morgan fingerprint density at radius 1 is 1.12 bits per heavy atom. The lowest BCUT2D eigenvalue weighted by Crippen LogP contribution is -2.47. The molecular formula is C19H29F3N2O. The maximum Gasteiger partial charge on any atom is 0.401 e. The van der Waals surface area contributed by atoms with E-state index in [1.165, 1.54) is 10.5 Å². The minimum Gasteiger partial charge on any atom is -0.489 e. The Hall–Kier alpha value is -1.27. The van der Waals surface area contributed by atoms with Crippen molar-refractivity contribution in [2.24, 2.45) is 0 Å². The molecular weight excluding hydrogens is 329 g/mol.